The number of nitrogens with zero attached hydrogens (tertiary/aromatic N) is 2. The van der Waals surface area contributed by atoms with Crippen molar-refractivity contribution >= 4 is 27.2 Å². The van der Waals surface area contributed by atoms with E-state index >= 15 is 0 Å². The number of aromatic nitrogens is 2. The van der Waals surface area contributed by atoms with Gasteiger partial charge in [0.1, 0.15) is 11.4 Å². The molecule has 14 heteroatoms. The van der Waals surface area contributed by atoms with Crippen molar-refractivity contribution in [2.45, 2.75) is 81.5 Å². The average Bonchev–Trinajstić information content (AvgIpc) is 2.77. The molecule has 0 unspecified atom stereocenters. The first-order valence-electron chi connectivity index (χ1n) is 11.6. The Bertz CT molecular complexity index is 1290. The van der Waals surface area contributed by atoms with Crippen LogP contribution in [-0.4, -0.2) is 53.3 Å². The number of hydrogen-bond donors (Lipinski definition) is 1. The average molecular weight is 550 g/mol. The molecular weight excluding hydrogens is 522 g/mol. The van der Waals surface area contributed by atoms with E-state index in [0.29, 0.717) is 32.1 Å². The number of hydrogen-bond acceptors (Lipinski definition) is 8. The summed E-state index contributed by atoms with van der Waals surface area (Å²) in [6.45, 7) is 5.58. The molecule has 1 N–H and O–H groups in total. The molecule has 2 bridgehead atoms. The molecule has 0 aromatic carbocycles. The summed E-state index contributed by atoms with van der Waals surface area (Å²) < 4.78 is 91.2. The van der Waals surface area contributed by atoms with E-state index in [2.05, 4.69) is 19.5 Å². The van der Waals surface area contributed by atoms with Crippen LogP contribution in [0.3, 0.4) is 0 Å². The van der Waals surface area contributed by atoms with Crippen molar-refractivity contribution < 1.29 is 44.4 Å². The summed E-state index contributed by atoms with van der Waals surface area (Å²) in [7, 11) is -5.94. The Morgan fingerprint density at radius 2 is 1.84 bits per heavy atom. The van der Waals surface area contributed by atoms with Gasteiger partial charge in [-0.05, 0) is 65.4 Å². The van der Waals surface area contributed by atoms with Crippen LogP contribution in [0, 0.1) is 5.82 Å². The maximum absolute atomic E-state index is 14.8. The third kappa shape index (κ3) is 5.89. The van der Waals surface area contributed by atoms with Gasteiger partial charge in [0.2, 0.25) is 5.88 Å². The van der Waals surface area contributed by atoms with Crippen LogP contribution in [0.25, 0.3) is 11.0 Å². The number of rotatable bonds is 6. The van der Waals surface area contributed by atoms with Crippen molar-refractivity contribution in [3.63, 3.8) is 0 Å². The molecule has 3 aliphatic rings. The SMILES string of the molecule is CC(C)(C)OC(=O)NC12CCC(CCc3c(F)cnc4ccc(OS(=O)(=O)C(F)(F)F)nc34)(CC1)OC2. The Morgan fingerprint density at radius 1 is 1.16 bits per heavy atom. The molecule has 204 valence electrons. The fourth-order valence-corrected chi connectivity index (χ4v) is 5.05. The molecular formula is C23H27F4N3O6S. The number of halogens is 4. The highest BCUT2D eigenvalue weighted by atomic mass is 32.2. The molecule has 37 heavy (non-hydrogen) atoms. The number of alkyl halides is 3. The van der Waals surface area contributed by atoms with Crippen LogP contribution in [0.4, 0.5) is 22.4 Å². The van der Waals surface area contributed by atoms with E-state index in [0.717, 1.165) is 12.3 Å². The van der Waals surface area contributed by atoms with Crippen LogP contribution in [0.5, 0.6) is 5.88 Å². The van der Waals surface area contributed by atoms with Gasteiger partial charge < -0.3 is 19.0 Å². The number of carbonyl (C=O) groups excluding carboxylic acids is 1. The summed E-state index contributed by atoms with van der Waals surface area (Å²) >= 11 is 0. The molecule has 2 saturated heterocycles. The second kappa shape index (κ2) is 9.22. The van der Waals surface area contributed by atoms with Gasteiger partial charge in [-0.2, -0.15) is 21.6 Å². The lowest BCUT2D eigenvalue weighted by Crippen LogP contribution is -2.63. The Kier molecular flexibility index (Phi) is 6.81. The van der Waals surface area contributed by atoms with Crippen LogP contribution in [0.15, 0.2) is 18.3 Å². The molecule has 1 aliphatic carbocycles. The predicted molar refractivity (Wildman–Crippen MR) is 123 cm³/mol. The highest BCUT2D eigenvalue weighted by Gasteiger charge is 2.51. The molecule has 1 amide bonds. The zero-order chi connectivity index (χ0) is 27.3. The molecule has 0 spiro atoms. The lowest BCUT2D eigenvalue weighted by Gasteiger charge is -2.53. The summed E-state index contributed by atoms with van der Waals surface area (Å²) in [6, 6.07) is 2.13. The van der Waals surface area contributed by atoms with Gasteiger partial charge in [0, 0.05) is 11.6 Å². The lowest BCUT2D eigenvalue weighted by atomic mass is 9.69. The summed E-state index contributed by atoms with van der Waals surface area (Å²) in [5, 5.41) is 2.93. The van der Waals surface area contributed by atoms with Crippen molar-refractivity contribution in [3.05, 3.63) is 29.7 Å². The van der Waals surface area contributed by atoms with Gasteiger partial charge in [0.25, 0.3) is 0 Å². The second-order valence-electron chi connectivity index (χ2n) is 10.5. The molecule has 2 aliphatic heterocycles. The lowest BCUT2D eigenvalue weighted by molar-refractivity contribution is -0.163. The van der Waals surface area contributed by atoms with Gasteiger partial charge in [-0.3, -0.25) is 4.98 Å². The molecule has 5 rings (SSSR count). The molecule has 4 heterocycles. The fourth-order valence-electron chi connectivity index (χ4n) is 4.64. The Labute approximate surface area is 211 Å². The van der Waals surface area contributed by atoms with Gasteiger partial charge in [-0.25, -0.2) is 14.2 Å². The highest BCUT2D eigenvalue weighted by Crippen LogP contribution is 2.46. The van der Waals surface area contributed by atoms with Gasteiger partial charge >= 0.3 is 21.7 Å². The van der Waals surface area contributed by atoms with E-state index in [1.165, 1.54) is 6.07 Å². The van der Waals surface area contributed by atoms with Crippen LogP contribution in [-0.2, 0) is 26.0 Å². The monoisotopic (exact) mass is 549 g/mol. The first-order chi connectivity index (χ1) is 17.0. The maximum Gasteiger partial charge on any atom is 0.534 e. The fraction of sp³-hybridized carbons (Fsp3) is 0.609. The predicted octanol–water partition coefficient (Wildman–Crippen LogP) is 4.54. The van der Waals surface area contributed by atoms with Crippen LogP contribution < -0.4 is 9.50 Å². The molecule has 2 aromatic heterocycles. The summed E-state index contributed by atoms with van der Waals surface area (Å²) in [4.78, 5) is 20.0. The quantitative estimate of drug-likeness (QED) is 0.317. The van der Waals surface area contributed by atoms with E-state index < -0.39 is 50.2 Å². The van der Waals surface area contributed by atoms with Gasteiger partial charge in [0.05, 0.1) is 35.0 Å². The van der Waals surface area contributed by atoms with Crippen molar-refractivity contribution in [3.8, 4) is 5.88 Å². The number of ether oxygens (including phenoxy) is 2. The Balaban J connectivity index is 1.48. The Hall–Kier alpha value is -2.74. The van der Waals surface area contributed by atoms with E-state index in [-0.39, 0.29) is 29.6 Å². The van der Waals surface area contributed by atoms with Crippen LogP contribution in [0.1, 0.15) is 58.4 Å². The summed E-state index contributed by atoms with van der Waals surface area (Å²) in [6.07, 6.45) is 3.40. The van der Waals surface area contributed by atoms with E-state index in [9.17, 15) is 30.8 Å². The molecule has 0 atom stereocenters. The normalized spacial score (nSPS) is 24.2. The van der Waals surface area contributed by atoms with E-state index in [1.807, 2.05) is 0 Å². The minimum atomic E-state index is -5.94. The third-order valence-electron chi connectivity index (χ3n) is 6.59. The number of pyridine rings is 2. The van der Waals surface area contributed by atoms with Crippen molar-refractivity contribution in [2.24, 2.45) is 0 Å². The van der Waals surface area contributed by atoms with Crippen LogP contribution >= 0.6 is 0 Å². The molecule has 3 fully saturated rings. The zero-order valence-corrected chi connectivity index (χ0v) is 21.3. The zero-order valence-electron chi connectivity index (χ0n) is 20.4. The van der Waals surface area contributed by atoms with Gasteiger partial charge in [-0.15, -0.1) is 0 Å². The third-order valence-corrected chi connectivity index (χ3v) is 7.54. The number of amides is 1. The summed E-state index contributed by atoms with van der Waals surface area (Å²) in [5.41, 5.74) is -7.27. The molecule has 1 saturated carbocycles. The van der Waals surface area contributed by atoms with Gasteiger partial charge in [0.15, 0.2) is 0 Å². The van der Waals surface area contributed by atoms with Crippen molar-refractivity contribution in [1.82, 2.24) is 15.3 Å². The largest absolute Gasteiger partial charge is 0.534 e. The Morgan fingerprint density at radius 3 is 2.41 bits per heavy atom. The van der Waals surface area contributed by atoms with Crippen molar-refractivity contribution in [1.29, 1.82) is 0 Å². The first-order valence-corrected chi connectivity index (χ1v) is 13.0. The first kappa shape index (κ1) is 27.3. The number of aryl methyl sites for hydroxylation is 1. The standard InChI is InChI=1S/C23H27F4N3O6S/c1-20(2,3)35-19(31)30-21-8-10-22(11-9-21,34-13-21)7-6-14-15(24)12-28-16-4-5-17(29-18(14)16)36-37(32,33)23(25,26)27/h4-5,12H,6-11,13H2,1-3H3,(H,30,31). The number of nitrogens with one attached hydrogen (secondary N) is 1. The molecule has 0 radical (unpaired) electrons. The highest BCUT2D eigenvalue weighted by molar-refractivity contribution is 7.87. The number of carbonyl (C=O) groups is 1. The van der Waals surface area contributed by atoms with Crippen LogP contribution in [0.2, 0.25) is 0 Å². The second-order valence-corrected chi connectivity index (χ2v) is 12.0. The smallest absolute Gasteiger partial charge is 0.444 e. The minimum Gasteiger partial charge on any atom is -0.444 e. The summed E-state index contributed by atoms with van der Waals surface area (Å²) in [5.74, 6) is -1.58. The maximum atomic E-state index is 14.8. The molecule has 2 aromatic rings. The van der Waals surface area contributed by atoms with E-state index in [4.69, 9.17) is 9.47 Å². The number of alkyl carbamates (subject to hydrolysis) is 1. The van der Waals surface area contributed by atoms with Crippen molar-refractivity contribution in [2.75, 3.05) is 6.61 Å². The van der Waals surface area contributed by atoms with E-state index in [1.54, 1.807) is 20.8 Å². The van der Waals surface area contributed by atoms with Gasteiger partial charge in [-0.1, -0.05) is 0 Å². The number of fused-ring (bicyclic) bond motifs is 4. The molecule has 9 nitrogen and oxygen atoms in total. The minimum absolute atomic E-state index is 0.0621. The topological polar surface area (TPSA) is 117 Å².